The van der Waals surface area contributed by atoms with E-state index in [0.717, 1.165) is 0 Å². The molecule has 1 heterocycles. The third kappa shape index (κ3) is 3.53. The summed E-state index contributed by atoms with van der Waals surface area (Å²) in [4.78, 5) is 12.1. The zero-order valence-corrected chi connectivity index (χ0v) is 12.0. The summed E-state index contributed by atoms with van der Waals surface area (Å²) in [6.45, 7) is -3.17. The third-order valence-corrected chi connectivity index (χ3v) is 3.88. The molecule has 0 bridgehead atoms. The molecule has 0 amide bonds. The topological polar surface area (TPSA) is 208 Å². The van der Waals surface area contributed by atoms with Gasteiger partial charge in [0.25, 0.3) is 0 Å². The predicted octanol–water partition coefficient (Wildman–Crippen LogP) is -6.16. The van der Waals surface area contributed by atoms with Crippen LogP contribution in [-0.2, 0) is 9.53 Å². The molecular weight excluding hydrogens is 320 g/mol. The van der Waals surface area contributed by atoms with Crippen LogP contribution in [0.15, 0.2) is 0 Å². The first-order chi connectivity index (χ1) is 10.7. The van der Waals surface area contributed by atoms with E-state index in [1.807, 2.05) is 0 Å². The van der Waals surface area contributed by atoms with Gasteiger partial charge in [0.1, 0.15) is 42.7 Å². The number of aliphatic hydroxyl groups is 9. The van der Waals surface area contributed by atoms with E-state index in [9.17, 15) is 35.4 Å². The highest BCUT2D eigenvalue weighted by Crippen LogP contribution is 2.32. The number of rotatable bonds is 7. The maximum absolute atomic E-state index is 12.1. The second-order valence-electron chi connectivity index (χ2n) is 5.34. The molecule has 136 valence electrons. The molecule has 0 saturated carbocycles. The monoisotopic (exact) mass is 342 g/mol. The van der Waals surface area contributed by atoms with E-state index in [-0.39, 0.29) is 0 Å². The van der Waals surface area contributed by atoms with E-state index in [0.29, 0.717) is 0 Å². The van der Waals surface area contributed by atoms with Crippen LogP contribution in [0.1, 0.15) is 0 Å². The van der Waals surface area contributed by atoms with Crippen LogP contribution in [0.3, 0.4) is 0 Å². The van der Waals surface area contributed by atoms with Gasteiger partial charge in [0.2, 0.25) is 5.78 Å². The van der Waals surface area contributed by atoms with E-state index in [1.165, 1.54) is 0 Å². The Hall–Kier alpha value is -0.730. The molecule has 1 rings (SSSR count). The van der Waals surface area contributed by atoms with Crippen LogP contribution >= 0.6 is 0 Å². The van der Waals surface area contributed by atoms with Crippen molar-refractivity contribution in [3.8, 4) is 0 Å². The van der Waals surface area contributed by atoms with Crippen molar-refractivity contribution in [2.45, 2.75) is 48.3 Å². The van der Waals surface area contributed by atoms with Crippen molar-refractivity contribution < 1.29 is 55.5 Å². The zero-order chi connectivity index (χ0) is 17.9. The molecule has 0 aromatic carbocycles. The molecule has 1 aliphatic heterocycles. The summed E-state index contributed by atoms with van der Waals surface area (Å²) in [5.74, 6) is -1.58. The molecule has 1 fully saturated rings. The van der Waals surface area contributed by atoms with Gasteiger partial charge in [-0.15, -0.1) is 0 Å². The van der Waals surface area contributed by atoms with Crippen LogP contribution in [-0.4, -0.2) is 120 Å². The Morgan fingerprint density at radius 3 is 2.00 bits per heavy atom. The Kier molecular flexibility index (Phi) is 6.97. The van der Waals surface area contributed by atoms with Crippen LogP contribution in [0.25, 0.3) is 0 Å². The molecule has 0 aliphatic carbocycles. The smallest absolute Gasteiger partial charge is 0.200 e. The average Bonchev–Trinajstić information content (AvgIpc) is 2.56. The van der Waals surface area contributed by atoms with Crippen molar-refractivity contribution in [3.05, 3.63) is 0 Å². The molecule has 0 aromatic heterocycles. The quantitative estimate of drug-likeness (QED) is 0.212. The summed E-state index contributed by atoms with van der Waals surface area (Å²) < 4.78 is 4.99. The number of carbonyl (C=O) groups excluding carboxylic acids is 1. The molecule has 11 heteroatoms. The maximum Gasteiger partial charge on any atom is 0.200 e. The molecule has 1 unspecified atom stereocenters. The number of carbonyl (C=O) groups is 1. The highest BCUT2D eigenvalue weighted by Gasteiger charge is 2.59. The summed E-state index contributed by atoms with van der Waals surface area (Å²) in [6.07, 6.45) is -13.9. The van der Waals surface area contributed by atoms with Gasteiger partial charge in [0.15, 0.2) is 5.60 Å². The predicted molar refractivity (Wildman–Crippen MR) is 69.9 cm³/mol. The lowest BCUT2D eigenvalue weighted by Gasteiger charge is -2.47. The summed E-state index contributed by atoms with van der Waals surface area (Å²) in [6, 6.07) is 0. The summed E-state index contributed by atoms with van der Waals surface area (Å²) >= 11 is 0. The Morgan fingerprint density at radius 2 is 1.57 bits per heavy atom. The lowest BCUT2D eigenvalue weighted by atomic mass is 9.77. The van der Waals surface area contributed by atoms with Gasteiger partial charge in [-0.1, -0.05) is 0 Å². The molecule has 0 spiro atoms. The number of Topliss-reactive ketones (excluding diaryl/α,β-unsaturated/α-hetero) is 1. The van der Waals surface area contributed by atoms with Crippen molar-refractivity contribution >= 4 is 5.78 Å². The highest BCUT2D eigenvalue weighted by atomic mass is 16.6. The maximum atomic E-state index is 12.1. The lowest BCUT2D eigenvalue weighted by molar-refractivity contribution is -0.281. The van der Waals surface area contributed by atoms with Gasteiger partial charge in [-0.25, -0.2) is 0 Å². The molecule has 8 atom stereocenters. The molecule has 1 saturated heterocycles. The number of hydrogen-bond acceptors (Lipinski definition) is 11. The van der Waals surface area contributed by atoms with Gasteiger partial charge in [0, 0.05) is 0 Å². The second-order valence-corrected chi connectivity index (χ2v) is 5.34. The number of hydrogen-bond donors (Lipinski definition) is 9. The first-order valence-corrected chi connectivity index (χ1v) is 6.81. The van der Waals surface area contributed by atoms with Gasteiger partial charge < -0.3 is 50.7 Å². The molecule has 11 nitrogen and oxygen atoms in total. The summed E-state index contributed by atoms with van der Waals surface area (Å²) in [5.41, 5.74) is -3.12. The molecule has 0 radical (unpaired) electrons. The van der Waals surface area contributed by atoms with Crippen LogP contribution in [0.4, 0.5) is 0 Å². The van der Waals surface area contributed by atoms with Gasteiger partial charge in [-0.05, 0) is 0 Å². The Morgan fingerprint density at radius 1 is 1.00 bits per heavy atom. The Labute approximate surface area is 130 Å². The number of aliphatic hydroxyl groups excluding tert-OH is 8. The highest BCUT2D eigenvalue weighted by molar-refractivity contribution is 5.92. The summed E-state index contributed by atoms with van der Waals surface area (Å²) in [7, 11) is 0. The third-order valence-electron chi connectivity index (χ3n) is 3.88. The first kappa shape index (κ1) is 20.3. The number of ether oxygens (including phenoxy) is 1. The van der Waals surface area contributed by atoms with E-state index in [1.54, 1.807) is 0 Å². The van der Waals surface area contributed by atoms with Gasteiger partial charge in [-0.3, -0.25) is 4.79 Å². The van der Waals surface area contributed by atoms with E-state index in [2.05, 4.69) is 0 Å². The van der Waals surface area contributed by atoms with Crippen molar-refractivity contribution in [2.75, 3.05) is 19.8 Å². The van der Waals surface area contributed by atoms with E-state index >= 15 is 0 Å². The molecule has 0 aromatic rings. The fraction of sp³-hybridized carbons (Fsp3) is 0.917. The largest absolute Gasteiger partial charge is 0.394 e. The Bertz CT molecular complexity index is 402. The van der Waals surface area contributed by atoms with E-state index < -0.39 is 73.9 Å². The van der Waals surface area contributed by atoms with Gasteiger partial charge >= 0.3 is 0 Å². The SMILES string of the molecule is O=C([C@H](O)CO)[C@@](O)(C1O[C@H](CO)[C@@H](O)[C@H](O)[C@H]1O)[C@H](O)CO. The fourth-order valence-electron chi connectivity index (χ4n) is 2.45. The molecule has 9 N–H and O–H groups in total. The molecule has 1 aliphatic rings. The number of ketones is 1. The normalized spacial score (nSPS) is 37.0. The van der Waals surface area contributed by atoms with Crippen LogP contribution in [0.2, 0.25) is 0 Å². The minimum atomic E-state index is -3.12. The Balaban J connectivity index is 3.27. The van der Waals surface area contributed by atoms with Crippen molar-refractivity contribution in [2.24, 2.45) is 0 Å². The van der Waals surface area contributed by atoms with Crippen LogP contribution < -0.4 is 0 Å². The molecular formula is C12H22O11. The second kappa shape index (κ2) is 7.90. The van der Waals surface area contributed by atoms with Crippen molar-refractivity contribution in [3.63, 3.8) is 0 Å². The molecule has 23 heavy (non-hydrogen) atoms. The van der Waals surface area contributed by atoms with E-state index in [4.69, 9.17) is 20.1 Å². The van der Waals surface area contributed by atoms with Crippen molar-refractivity contribution in [1.82, 2.24) is 0 Å². The van der Waals surface area contributed by atoms with Crippen LogP contribution in [0, 0.1) is 0 Å². The minimum absolute atomic E-state index is 0.858. The first-order valence-electron chi connectivity index (χ1n) is 6.81. The fourth-order valence-corrected chi connectivity index (χ4v) is 2.45. The standard InChI is InChI=1S/C12H22O11/c13-1-4(16)10(21)12(22,6(17)3-15)11-9(20)8(19)7(18)5(2-14)23-11/h4-9,11,13-20,22H,1-3H2/t4-,5-,6-,7-,8+,9-,11?,12-/m1/s1. The van der Waals surface area contributed by atoms with Gasteiger partial charge in [-0.2, -0.15) is 0 Å². The summed E-state index contributed by atoms with van der Waals surface area (Å²) in [5, 5.41) is 85.9. The van der Waals surface area contributed by atoms with Gasteiger partial charge in [0.05, 0.1) is 19.8 Å². The minimum Gasteiger partial charge on any atom is -0.394 e. The van der Waals surface area contributed by atoms with Crippen molar-refractivity contribution in [1.29, 1.82) is 0 Å². The average molecular weight is 342 g/mol. The van der Waals surface area contributed by atoms with Crippen LogP contribution in [0.5, 0.6) is 0 Å². The zero-order valence-electron chi connectivity index (χ0n) is 12.0. The lowest BCUT2D eigenvalue weighted by Crippen LogP contribution is -2.72.